The normalized spacial score (nSPS) is 26.3. The lowest BCUT2D eigenvalue weighted by molar-refractivity contribution is 0.0285. The van der Waals surface area contributed by atoms with E-state index in [1.807, 2.05) is 9.39 Å². The van der Waals surface area contributed by atoms with Crippen LogP contribution in [0.4, 0.5) is 0 Å². The first-order chi connectivity index (χ1) is 4.39. The molecule has 2 unspecified atom stereocenters. The highest BCUT2D eigenvalue weighted by Crippen LogP contribution is 2.10. The van der Waals surface area contributed by atoms with Crippen molar-refractivity contribution in [3.8, 4) is 0 Å². The third-order valence-electron chi connectivity index (χ3n) is 1.41. The van der Waals surface area contributed by atoms with Gasteiger partial charge in [0.2, 0.25) is 0 Å². The fourth-order valence-corrected chi connectivity index (χ4v) is 0.902. The molecular weight excluding hydrogens is 133 g/mol. The van der Waals surface area contributed by atoms with Gasteiger partial charge in [-0.05, 0) is 26.2 Å². The maximum absolute atomic E-state index is 5.28. The fraction of sp³-hybridized carbons (Fsp3) is 1.00. The predicted octanol–water partition coefficient (Wildman–Crippen LogP) is 1.31. The zero-order valence-corrected chi connectivity index (χ0v) is 7.12. The average molecular weight is 149 g/mol. The second-order valence-corrected chi connectivity index (χ2v) is 2.18. The minimum atomic E-state index is 0.536. The van der Waals surface area contributed by atoms with Crippen molar-refractivity contribution < 1.29 is 4.74 Å². The average Bonchev–Trinajstić information content (AvgIpc) is 1.94. The summed E-state index contributed by atoms with van der Waals surface area (Å²) in [6, 6.07) is 0. The largest absolute Gasteiger partial charge is 0.379 e. The Bertz CT molecular complexity index is 55.0. The highest BCUT2D eigenvalue weighted by Gasteiger charge is 2.05. The van der Waals surface area contributed by atoms with E-state index >= 15 is 0 Å². The van der Waals surface area contributed by atoms with Crippen molar-refractivity contribution in [2.75, 3.05) is 6.61 Å². The van der Waals surface area contributed by atoms with Gasteiger partial charge in [-0.3, -0.25) is 0 Å². The first-order valence-corrected chi connectivity index (χ1v) is 4.01. The van der Waals surface area contributed by atoms with Crippen LogP contribution in [-0.2, 0) is 4.74 Å². The number of hydrogen-bond acceptors (Lipinski definition) is 2. The molecule has 0 bridgehead atoms. The van der Waals surface area contributed by atoms with Crippen molar-refractivity contribution in [3.63, 3.8) is 0 Å². The van der Waals surface area contributed by atoms with E-state index in [0.29, 0.717) is 6.10 Å². The minimum Gasteiger partial charge on any atom is -0.379 e. The lowest BCUT2D eigenvalue weighted by Gasteiger charge is -2.17. The molecule has 0 spiro atoms. The van der Waals surface area contributed by atoms with Gasteiger partial charge in [-0.15, -0.1) is 0 Å². The summed E-state index contributed by atoms with van der Waals surface area (Å²) in [5, 5.41) is 0. The molecule has 0 aromatic carbocycles. The van der Waals surface area contributed by atoms with E-state index < -0.39 is 0 Å². The summed E-state index contributed by atoms with van der Waals surface area (Å²) >= 11 is 0. The monoisotopic (exact) mass is 149 g/mol. The Morgan fingerprint density at radius 2 is 2.11 bits per heavy atom. The summed E-state index contributed by atoms with van der Waals surface area (Å²) in [7, 11) is 1.92. The van der Waals surface area contributed by atoms with Crippen LogP contribution in [0.2, 0.25) is 0 Å². The summed E-state index contributed by atoms with van der Waals surface area (Å²) in [5.41, 5.74) is 4.42. The van der Waals surface area contributed by atoms with Crippen molar-refractivity contribution in [3.05, 3.63) is 0 Å². The summed E-state index contributed by atoms with van der Waals surface area (Å²) in [6.07, 6.45) is 4.43. The van der Waals surface area contributed by atoms with Gasteiger partial charge in [-0.1, -0.05) is 9.39 Å². The van der Waals surface area contributed by atoms with E-state index in [1.165, 1.54) is 19.3 Å². The van der Waals surface area contributed by atoms with Gasteiger partial charge < -0.3 is 10.2 Å². The quantitative estimate of drug-likeness (QED) is 0.527. The number of nitrogens with two attached hydrogens (primary N) is 1. The van der Waals surface area contributed by atoms with Gasteiger partial charge in [0.1, 0.15) is 0 Å². The Balaban J connectivity index is 0.000000291. The maximum Gasteiger partial charge on any atom is 0.0547 e. The Morgan fingerprint density at radius 1 is 1.44 bits per heavy atom. The molecule has 0 saturated carbocycles. The van der Waals surface area contributed by atoms with Gasteiger partial charge in [0, 0.05) is 6.61 Å². The molecule has 2 atom stereocenters. The molecule has 0 aromatic heterocycles. The predicted molar refractivity (Wildman–Crippen MR) is 43.2 cm³/mol. The highest BCUT2D eigenvalue weighted by atomic mass is 31.0. The van der Waals surface area contributed by atoms with Gasteiger partial charge in [0.15, 0.2) is 0 Å². The first-order valence-electron chi connectivity index (χ1n) is 3.34. The lowest BCUT2D eigenvalue weighted by Crippen LogP contribution is -2.14. The standard InChI is InChI=1S/C6H12O.H4NP/c1-6-4-2-3-5-7-6;1-2/h6H,2-5H2,1H3;1-2H2. The summed E-state index contributed by atoms with van der Waals surface area (Å²) < 4.78 is 5.28. The minimum absolute atomic E-state index is 0.536. The molecule has 1 aliphatic heterocycles. The van der Waals surface area contributed by atoms with E-state index in [4.69, 9.17) is 4.74 Å². The number of hydrogen-bond donors (Lipinski definition) is 1. The number of rotatable bonds is 0. The molecule has 0 radical (unpaired) electrons. The summed E-state index contributed by atoms with van der Waals surface area (Å²) in [6.45, 7) is 3.13. The van der Waals surface area contributed by atoms with Crippen LogP contribution in [0.25, 0.3) is 0 Å². The fourth-order valence-electron chi connectivity index (χ4n) is 0.902. The van der Waals surface area contributed by atoms with E-state index in [0.717, 1.165) is 6.61 Å². The molecule has 2 nitrogen and oxygen atoms in total. The Hall–Kier alpha value is 0.350. The van der Waals surface area contributed by atoms with Crippen molar-refractivity contribution in [2.45, 2.75) is 32.3 Å². The second-order valence-electron chi connectivity index (χ2n) is 2.18. The van der Waals surface area contributed by atoms with Gasteiger partial charge in [0.25, 0.3) is 0 Å². The smallest absolute Gasteiger partial charge is 0.0547 e. The molecule has 9 heavy (non-hydrogen) atoms. The summed E-state index contributed by atoms with van der Waals surface area (Å²) in [4.78, 5) is 0. The molecule has 1 saturated heterocycles. The molecule has 56 valence electrons. The van der Waals surface area contributed by atoms with Crippen LogP contribution in [0.1, 0.15) is 26.2 Å². The van der Waals surface area contributed by atoms with E-state index in [9.17, 15) is 0 Å². The Kier molecular flexibility index (Phi) is 6.72. The molecule has 1 aliphatic rings. The molecule has 1 fully saturated rings. The third-order valence-corrected chi connectivity index (χ3v) is 1.41. The van der Waals surface area contributed by atoms with Crippen LogP contribution in [-0.4, -0.2) is 12.7 Å². The Morgan fingerprint density at radius 3 is 2.33 bits per heavy atom. The maximum atomic E-state index is 5.28. The summed E-state index contributed by atoms with van der Waals surface area (Å²) in [5.74, 6) is 0. The van der Waals surface area contributed by atoms with Crippen molar-refractivity contribution in [2.24, 2.45) is 5.50 Å². The van der Waals surface area contributed by atoms with Crippen molar-refractivity contribution in [1.29, 1.82) is 0 Å². The van der Waals surface area contributed by atoms with E-state index in [-0.39, 0.29) is 0 Å². The first kappa shape index (κ1) is 9.35. The highest BCUT2D eigenvalue weighted by molar-refractivity contribution is 7.13. The van der Waals surface area contributed by atoms with Crippen LogP contribution in [0.5, 0.6) is 0 Å². The molecule has 0 aliphatic carbocycles. The topological polar surface area (TPSA) is 35.2 Å². The van der Waals surface area contributed by atoms with Crippen LogP contribution in [0, 0.1) is 0 Å². The number of ether oxygens (including phenoxy) is 1. The molecule has 1 rings (SSSR count). The van der Waals surface area contributed by atoms with Crippen molar-refractivity contribution in [1.82, 2.24) is 0 Å². The van der Waals surface area contributed by atoms with Crippen molar-refractivity contribution >= 4 is 9.39 Å². The molecule has 1 heterocycles. The zero-order chi connectivity index (χ0) is 7.11. The van der Waals surface area contributed by atoms with Crippen LogP contribution in [0.15, 0.2) is 0 Å². The van der Waals surface area contributed by atoms with Gasteiger partial charge in [-0.2, -0.15) is 0 Å². The molecule has 0 aromatic rings. The van der Waals surface area contributed by atoms with Gasteiger partial charge in [0.05, 0.1) is 6.10 Å². The zero-order valence-electron chi connectivity index (χ0n) is 5.97. The molecule has 0 amide bonds. The van der Waals surface area contributed by atoms with Crippen LogP contribution < -0.4 is 5.50 Å². The SMILES string of the molecule is CC1CCCCO1.NP. The molecular formula is C6H16NOP. The van der Waals surface area contributed by atoms with Gasteiger partial charge >= 0.3 is 0 Å². The van der Waals surface area contributed by atoms with Crippen LogP contribution in [0.3, 0.4) is 0 Å². The molecule has 2 N–H and O–H groups in total. The van der Waals surface area contributed by atoms with Gasteiger partial charge in [-0.25, -0.2) is 0 Å². The molecule has 3 heteroatoms. The van der Waals surface area contributed by atoms with E-state index in [2.05, 4.69) is 12.4 Å². The second kappa shape index (κ2) is 6.47. The third kappa shape index (κ3) is 4.83. The van der Waals surface area contributed by atoms with E-state index in [1.54, 1.807) is 0 Å². The Labute approximate surface area is 59.4 Å². The van der Waals surface area contributed by atoms with Crippen LogP contribution >= 0.6 is 9.39 Å². The lowest BCUT2D eigenvalue weighted by atomic mass is 10.1.